The number of rotatable bonds is 5. The fourth-order valence-electron chi connectivity index (χ4n) is 2.16. The lowest BCUT2D eigenvalue weighted by atomic mass is 10.2. The van der Waals surface area contributed by atoms with Crippen molar-refractivity contribution in [1.29, 1.82) is 0 Å². The maximum Gasteiger partial charge on any atom is 0.346 e. The van der Waals surface area contributed by atoms with Gasteiger partial charge in [0.25, 0.3) is 0 Å². The van der Waals surface area contributed by atoms with Crippen LogP contribution in [0.15, 0.2) is 40.8 Å². The smallest absolute Gasteiger partial charge is 0.346 e. The predicted molar refractivity (Wildman–Crippen MR) is 80.8 cm³/mol. The second kappa shape index (κ2) is 6.77. The normalized spacial score (nSPS) is 11.6. The zero-order valence-electron chi connectivity index (χ0n) is 12.2. The number of aryl methyl sites for hydroxylation is 1. The van der Waals surface area contributed by atoms with E-state index in [1.54, 1.807) is 48.8 Å². The highest BCUT2D eigenvalue weighted by molar-refractivity contribution is 5.92. The highest BCUT2D eigenvalue weighted by Crippen LogP contribution is 2.29. The number of nitrogens with zero attached hydrogens (tertiary/aromatic N) is 1. The molecule has 116 valence electrons. The number of nitrogens with one attached hydrogen (secondary N) is 2. The van der Waals surface area contributed by atoms with Crippen molar-refractivity contribution in [2.75, 3.05) is 10.2 Å². The van der Waals surface area contributed by atoms with Crippen molar-refractivity contribution in [2.24, 2.45) is 0 Å². The van der Waals surface area contributed by atoms with Crippen molar-refractivity contribution in [3.8, 4) is 0 Å². The van der Waals surface area contributed by atoms with Crippen LogP contribution in [0.4, 0.5) is 16.2 Å². The second-order valence-corrected chi connectivity index (χ2v) is 4.72. The summed E-state index contributed by atoms with van der Waals surface area (Å²) in [5.74, 6) is 1.33. The minimum atomic E-state index is -0.683. The first kappa shape index (κ1) is 15.6. The Morgan fingerprint density at radius 3 is 2.45 bits per heavy atom. The first-order chi connectivity index (χ1) is 10.6. The van der Waals surface area contributed by atoms with Gasteiger partial charge in [-0.05, 0) is 50.2 Å². The summed E-state index contributed by atoms with van der Waals surface area (Å²) in [5.41, 5.74) is 2.78. The molecule has 0 saturated carbocycles. The Balaban J connectivity index is 2.33. The van der Waals surface area contributed by atoms with Gasteiger partial charge in [0.15, 0.2) is 0 Å². The van der Waals surface area contributed by atoms with Crippen molar-refractivity contribution in [3.05, 3.63) is 47.9 Å². The average Bonchev–Trinajstić information content (AvgIpc) is 2.95. The summed E-state index contributed by atoms with van der Waals surface area (Å²) in [4.78, 5) is 23.8. The van der Waals surface area contributed by atoms with Crippen molar-refractivity contribution >= 4 is 23.8 Å². The first-order valence-electron chi connectivity index (χ1n) is 6.66. The van der Waals surface area contributed by atoms with Crippen LogP contribution >= 0.6 is 0 Å². The summed E-state index contributed by atoms with van der Waals surface area (Å²) >= 11 is 0. The van der Waals surface area contributed by atoms with E-state index < -0.39 is 12.1 Å². The number of hydrogen-bond acceptors (Lipinski definition) is 4. The topological polar surface area (TPSA) is 94.8 Å². The molecule has 0 aliphatic rings. The van der Waals surface area contributed by atoms with Gasteiger partial charge in [-0.2, -0.15) is 0 Å². The van der Waals surface area contributed by atoms with Crippen molar-refractivity contribution in [3.63, 3.8) is 0 Å². The molecule has 7 heteroatoms. The van der Waals surface area contributed by atoms with Gasteiger partial charge in [0.1, 0.15) is 11.5 Å². The number of amides is 3. The number of hydroxylamine groups is 1. The molecule has 22 heavy (non-hydrogen) atoms. The molecular formula is C15H17N3O4. The zero-order chi connectivity index (χ0) is 16.1. The van der Waals surface area contributed by atoms with E-state index in [4.69, 9.17) is 9.62 Å². The molecule has 3 amide bonds. The van der Waals surface area contributed by atoms with Gasteiger partial charge in [0.05, 0.1) is 6.04 Å². The van der Waals surface area contributed by atoms with E-state index in [1.165, 1.54) is 4.90 Å². The summed E-state index contributed by atoms with van der Waals surface area (Å²) in [6.45, 7) is 3.59. The van der Waals surface area contributed by atoms with E-state index in [-0.39, 0.29) is 0 Å². The van der Waals surface area contributed by atoms with Gasteiger partial charge in [0, 0.05) is 11.4 Å². The standard InChI is InChI=1S/C15H17N3O4/c1-10-3-8-14(22-10)11(2)18(15(20)17-21)13-6-4-12(5-7-13)16-9-19/h3-9,11,21H,1-2H3,(H,16,19)(H,17,20). The van der Waals surface area contributed by atoms with Crippen LogP contribution in [-0.2, 0) is 4.79 Å². The number of anilines is 2. The molecule has 0 spiro atoms. The number of hydrogen-bond donors (Lipinski definition) is 3. The Morgan fingerprint density at radius 2 is 1.95 bits per heavy atom. The Labute approximate surface area is 127 Å². The third-order valence-electron chi connectivity index (χ3n) is 3.25. The fraction of sp³-hybridized carbons (Fsp3) is 0.200. The Morgan fingerprint density at radius 1 is 1.27 bits per heavy atom. The highest BCUT2D eigenvalue weighted by atomic mass is 16.5. The number of carbonyl (C=O) groups is 2. The van der Waals surface area contributed by atoms with Gasteiger partial charge in [0.2, 0.25) is 6.41 Å². The van der Waals surface area contributed by atoms with Crippen LogP contribution in [0.5, 0.6) is 0 Å². The SMILES string of the molecule is Cc1ccc(C(C)N(C(=O)NO)c2ccc(NC=O)cc2)o1. The van der Waals surface area contributed by atoms with E-state index in [0.29, 0.717) is 23.5 Å². The molecule has 2 rings (SSSR count). The van der Waals surface area contributed by atoms with Gasteiger partial charge in [-0.25, -0.2) is 10.3 Å². The molecule has 1 aromatic carbocycles. The molecule has 3 N–H and O–H groups in total. The minimum Gasteiger partial charge on any atom is -0.464 e. The van der Waals surface area contributed by atoms with Crippen molar-refractivity contribution in [1.82, 2.24) is 5.48 Å². The van der Waals surface area contributed by atoms with E-state index in [0.717, 1.165) is 5.76 Å². The summed E-state index contributed by atoms with van der Waals surface area (Å²) in [5, 5.41) is 11.5. The first-order valence-corrected chi connectivity index (χ1v) is 6.66. The molecule has 1 heterocycles. The number of carbonyl (C=O) groups excluding carboxylic acids is 2. The van der Waals surface area contributed by atoms with E-state index >= 15 is 0 Å². The summed E-state index contributed by atoms with van der Waals surface area (Å²) < 4.78 is 5.54. The largest absolute Gasteiger partial charge is 0.464 e. The molecule has 2 aromatic rings. The maximum absolute atomic E-state index is 12.0. The second-order valence-electron chi connectivity index (χ2n) is 4.72. The lowest BCUT2D eigenvalue weighted by Crippen LogP contribution is -2.40. The van der Waals surface area contributed by atoms with Crippen molar-refractivity contribution in [2.45, 2.75) is 19.9 Å². The number of urea groups is 1. The molecule has 0 saturated heterocycles. The van der Waals surface area contributed by atoms with Crippen LogP contribution in [0.3, 0.4) is 0 Å². The molecule has 7 nitrogen and oxygen atoms in total. The van der Waals surface area contributed by atoms with Crippen LogP contribution in [0, 0.1) is 6.92 Å². The number of furan rings is 1. The van der Waals surface area contributed by atoms with E-state index in [2.05, 4.69) is 5.32 Å². The molecule has 0 fully saturated rings. The van der Waals surface area contributed by atoms with Crippen LogP contribution < -0.4 is 15.7 Å². The molecule has 1 atom stereocenters. The van der Waals surface area contributed by atoms with Gasteiger partial charge < -0.3 is 9.73 Å². The monoisotopic (exact) mass is 303 g/mol. The molecule has 0 radical (unpaired) electrons. The summed E-state index contributed by atoms with van der Waals surface area (Å²) in [7, 11) is 0. The Hall–Kier alpha value is -2.80. The molecule has 1 unspecified atom stereocenters. The van der Waals surface area contributed by atoms with Gasteiger partial charge in [-0.1, -0.05) is 0 Å². The number of benzene rings is 1. The highest BCUT2D eigenvalue weighted by Gasteiger charge is 2.25. The van der Waals surface area contributed by atoms with Gasteiger partial charge in [-0.3, -0.25) is 14.9 Å². The Bertz CT molecular complexity index is 651. The van der Waals surface area contributed by atoms with E-state index in [9.17, 15) is 9.59 Å². The molecule has 0 aliphatic carbocycles. The van der Waals surface area contributed by atoms with Crippen LogP contribution in [0.1, 0.15) is 24.5 Å². The third-order valence-corrected chi connectivity index (χ3v) is 3.25. The van der Waals surface area contributed by atoms with Crippen LogP contribution in [-0.4, -0.2) is 17.6 Å². The molecular weight excluding hydrogens is 286 g/mol. The third kappa shape index (κ3) is 3.26. The lowest BCUT2D eigenvalue weighted by Gasteiger charge is -2.27. The van der Waals surface area contributed by atoms with Crippen molar-refractivity contribution < 1.29 is 19.2 Å². The Kier molecular flexibility index (Phi) is 4.80. The van der Waals surface area contributed by atoms with Crippen LogP contribution in [0.25, 0.3) is 0 Å². The predicted octanol–water partition coefficient (Wildman–Crippen LogP) is 2.82. The fourth-order valence-corrected chi connectivity index (χ4v) is 2.16. The summed E-state index contributed by atoms with van der Waals surface area (Å²) in [6, 6.07) is 9.10. The summed E-state index contributed by atoms with van der Waals surface area (Å²) in [6.07, 6.45) is 0.571. The van der Waals surface area contributed by atoms with Gasteiger partial charge >= 0.3 is 6.03 Å². The molecule has 0 aliphatic heterocycles. The van der Waals surface area contributed by atoms with Crippen LogP contribution in [0.2, 0.25) is 0 Å². The quantitative estimate of drug-likeness (QED) is 0.449. The van der Waals surface area contributed by atoms with Gasteiger partial charge in [-0.15, -0.1) is 0 Å². The molecule has 0 bridgehead atoms. The van der Waals surface area contributed by atoms with E-state index in [1.807, 2.05) is 6.92 Å². The zero-order valence-corrected chi connectivity index (χ0v) is 12.2. The maximum atomic E-state index is 12.0. The lowest BCUT2D eigenvalue weighted by molar-refractivity contribution is -0.105. The molecule has 1 aromatic heterocycles. The minimum absolute atomic E-state index is 0.425. The average molecular weight is 303 g/mol.